The van der Waals surface area contributed by atoms with Crippen molar-refractivity contribution >= 4 is 47.4 Å². The lowest BCUT2D eigenvalue weighted by molar-refractivity contribution is 0.0529. The van der Waals surface area contributed by atoms with Crippen LogP contribution in [0.5, 0.6) is 0 Å². The van der Waals surface area contributed by atoms with E-state index in [0.29, 0.717) is 13.1 Å². The highest BCUT2D eigenvalue weighted by Gasteiger charge is 2.15. The first kappa shape index (κ1) is 24.0. The fourth-order valence-electron chi connectivity index (χ4n) is 2.04. The van der Waals surface area contributed by atoms with Crippen molar-refractivity contribution in [1.29, 1.82) is 0 Å². The lowest BCUT2D eigenvalue weighted by atomic mass is 10.2. The second-order valence-corrected chi connectivity index (χ2v) is 8.06. The van der Waals surface area contributed by atoms with Crippen LogP contribution in [0.4, 0.5) is 4.79 Å². The molecule has 0 aliphatic carbocycles. The second kappa shape index (κ2) is 11.6. The van der Waals surface area contributed by atoms with Gasteiger partial charge < -0.3 is 20.7 Å². The average molecular weight is 482 g/mol. The van der Waals surface area contributed by atoms with E-state index in [2.05, 4.69) is 46.9 Å². The number of guanidine groups is 1. The van der Waals surface area contributed by atoms with Gasteiger partial charge in [0.05, 0.1) is 0 Å². The van der Waals surface area contributed by atoms with E-state index in [9.17, 15) is 4.79 Å². The van der Waals surface area contributed by atoms with Crippen LogP contribution in [0.3, 0.4) is 0 Å². The van der Waals surface area contributed by atoms with Gasteiger partial charge in [-0.05, 0) is 46.8 Å². The Morgan fingerprint density at radius 3 is 2.44 bits per heavy atom. The van der Waals surface area contributed by atoms with E-state index in [1.54, 1.807) is 7.05 Å². The number of aryl methyl sites for hydroxylation is 1. The van der Waals surface area contributed by atoms with Crippen LogP contribution in [0.15, 0.2) is 17.1 Å². The van der Waals surface area contributed by atoms with Gasteiger partial charge in [0.25, 0.3) is 0 Å². The minimum absolute atomic E-state index is 0. The Morgan fingerprint density at radius 2 is 1.92 bits per heavy atom. The third-order valence-electron chi connectivity index (χ3n) is 3.00. The molecule has 1 heterocycles. The van der Waals surface area contributed by atoms with Gasteiger partial charge in [-0.1, -0.05) is 0 Å². The van der Waals surface area contributed by atoms with Gasteiger partial charge >= 0.3 is 6.09 Å². The summed E-state index contributed by atoms with van der Waals surface area (Å²) in [7, 11) is 1.73. The van der Waals surface area contributed by atoms with Crippen molar-refractivity contribution < 1.29 is 9.53 Å². The summed E-state index contributed by atoms with van der Waals surface area (Å²) in [6, 6.07) is 4.58. The van der Waals surface area contributed by atoms with E-state index in [-0.39, 0.29) is 30.0 Å². The van der Waals surface area contributed by atoms with Gasteiger partial charge in [0, 0.05) is 42.4 Å². The standard InChI is InChI=1S/C17H30N4O2S.HI/c1-12(11-14-8-7-13(2)24-14)21-15(18-6)19-9-10-20-16(22)23-17(3,4)5;/h7-8,12H,9-11H2,1-6H3,(H,20,22)(H2,18,19,21);1H. The first-order valence-electron chi connectivity index (χ1n) is 8.19. The van der Waals surface area contributed by atoms with E-state index >= 15 is 0 Å². The molecule has 1 rings (SSSR count). The van der Waals surface area contributed by atoms with Crippen LogP contribution in [-0.2, 0) is 11.2 Å². The number of nitrogens with one attached hydrogen (secondary N) is 3. The molecule has 1 unspecified atom stereocenters. The summed E-state index contributed by atoms with van der Waals surface area (Å²) in [6.45, 7) is 10.8. The molecule has 0 fully saturated rings. The predicted molar refractivity (Wildman–Crippen MR) is 116 cm³/mol. The minimum Gasteiger partial charge on any atom is -0.444 e. The van der Waals surface area contributed by atoms with Gasteiger partial charge in [0.1, 0.15) is 5.60 Å². The number of carbonyl (C=O) groups excluding carboxylic acids is 1. The third kappa shape index (κ3) is 11.2. The van der Waals surface area contributed by atoms with Gasteiger partial charge in [0.15, 0.2) is 5.96 Å². The normalized spacial score (nSPS) is 12.8. The Labute approximate surface area is 172 Å². The Morgan fingerprint density at radius 1 is 1.28 bits per heavy atom. The highest BCUT2D eigenvalue weighted by atomic mass is 127. The molecule has 8 heteroatoms. The summed E-state index contributed by atoms with van der Waals surface area (Å²) < 4.78 is 5.18. The molecule has 0 aliphatic rings. The van der Waals surface area contributed by atoms with Crippen LogP contribution < -0.4 is 16.0 Å². The van der Waals surface area contributed by atoms with Gasteiger partial charge in [-0.25, -0.2) is 4.79 Å². The van der Waals surface area contributed by atoms with Crippen LogP contribution in [0, 0.1) is 6.92 Å². The molecule has 1 amide bonds. The number of hydrogen-bond acceptors (Lipinski definition) is 4. The molecule has 0 spiro atoms. The molecule has 6 nitrogen and oxygen atoms in total. The fraction of sp³-hybridized carbons (Fsp3) is 0.647. The fourth-order valence-corrected chi connectivity index (χ4v) is 3.05. The second-order valence-electron chi connectivity index (χ2n) is 6.69. The lowest BCUT2D eigenvalue weighted by Gasteiger charge is -2.20. The molecular weight excluding hydrogens is 451 g/mol. The zero-order chi connectivity index (χ0) is 18.2. The number of amides is 1. The first-order valence-corrected chi connectivity index (χ1v) is 9.00. The van der Waals surface area contributed by atoms with Crippen LogP contribution in [0.2, 0.25) is 0 Å². The molecule has 0 aliphatic heterocycles. The number of ether oxygens (including phenoxy) is 1. The van der Waals surface area contributed by atoms with E-state index in [1.807, 2.05) is 32.1 Å². The van der Waals surface area contributed by atoms with E-state index in [0.717, 1.165) is 12.4 Å². The van der Waals surface area contributed by atoms with Crippen LogP contribution >= 0.6 is 35.3 Å². The SMILES string of the molecule is CN=C(NCCNC(=O)OC(C)(C)C)NC(C)Cc1ccc(C)s1.I. The molecule has 0 saturated heterocycles. The highest BCUT2D eigenvalue weighted by molar-refractivity contribution is 14.0. The molecule has 3 N–H and O–H groups in total. The van der Waals surface area contributed by atoms with Crippen molar-refractivity contribution in [2.45, 2.75) is 52.7 Å². The Bertz CT molecular complexity index is 555. The number of halogens is 1. The molecule has 144 valence electrons. The molecule has 0 saturated carbocycles. The number of rotatable bonds is 6. The number of alkyl carbamates (subject to hydrolysis) is 1. The lowest BCUT2D eigenvalue weighted by Crippen LogP contribution is -2.45. The topological polar surface area (TPSA) is 74.8 Å². The number of hydrogen-bond donors (Lipinski definition) is 3. The maximum absolute atomic E-state index is 11.6. The highest BCUT2D eigenvalue weighted by Crippen LogP contribution is 2.16. The van der Waals surface area contributed by atoms with Gasteiger partial charge in [-0.2, -0.15) is 0 Å². The average Bonchev–Trinajstić information content (AvgIpc) is 2.85. The zero-order valence-corrected chi connectivity index (χ0v) is 19.1. The van der Waals surface area contributed by atoms with Crippen molar-refractivity contribution in [3.8, 4) is 0 Å². The van der Waals surface area contributed by atoms with E-state index in [1.165, 1.54) is 9.75 Å². The molecule has 1 atom stereocenters. The summed E-state index contributed by atoms with van der Waals surface area (Å²) in [5.41, 5.74) is -0.481. The van der Waals surface area contributed by atoms with Crippen molar-refractivity contribution in [1.82, 2.24) is 16.0 Å². The quantitative estimate of drug-likeness (QED) is 0.252. The Balaban J connectivity index is 0.00000576. The van der Waals surface area contributed by atoms with E-state index in [4.69, 9.17) is 4.74 Å². The Hall–Kier alpha value is -1.03. The number of aliphatic imine (C=N–C) groups is 1. The third-order valence-corrected chi connectivity index (χ3v) is 4.02. The molecular formula is C17H31IN4O2S. The maximum Gasteiger partial charge on any atom is 0.407 e. The van der Waals surface area contributed by atoms with Gasteiger partial charge in [-0.15, -0.1) is 35.3 Å². The van der Waals surface area contributed by atoms with Crippen molar-refractivity contribution in [2.24, 2.45) is 4.99 Å². The van der Waals surface area contributed by atoms with Gasteiger partial charge in [-0.3, -0.25) is 4.99 Å². The smallest absolute Gasteiger partial charge is 0.407 e. The van der Waals surface area contributed by atoms with Crippen LogP contribution in [0.25, 0.3) is 0 Å². The monoisotopic (exact) mass is 482 g/mol. The zero-order valence-electron chi connectivity index (χ0n) is 15.9. The van der Waals surface area contributed by atoms with Gasteiger partial charge in [0.2, 0.25) is 0 Å². The summed E-state index contributed by atoms with van der Waals surface area (Å²) >= 11 is 1.82. The number of carbonyl (C=O) groups is 1. The van der Waals surface area contributed by atoms with Crippen LogP contribution in [0.1, 0.15) is 37.4 Å². The van der Waals surface area contributed by atoms with Crippen LogP contribution in [-0.4, -0.2) is 43.8 Å². The Kier molecular flexibility index (Phi) is 11.1. The summed E-state index contributed by atoms with van der Waals surface area (Å²) in [5, 5.41) is 9.24. The summed E-state index contributed by atoms with van der Waals surface area (Å²) in [4.78, 5) is 18.4. The molecule has 0 bridgehead atoms. The van der Waals surface area contributed by atoms with Crippen molar-refractivity contribution in [3.05, 3.63) is 21.9 Å². The molecule has 1 aromatic rings. The number of thiophene rings is 1. The first-order chi connectivity index (χ1) is 11.2. The molecule has 0 radical (unpaired) electrons. The van der Waals surface area contributed by atoms with E-state index < -0.39 is 11.7 Å². The number of nitrogens with zero attached hydrogens (tertiary/aromatic N) is 1. The van der Waals surface area contributed by atoms with Crippen molar-refractivity contribution in [2.75, 3.05) is 20.1 Å². The predicted octanol–water partition coefficient (Wildman–Crippen LogP) is 3.30. The molecule has 1 aromatic heterocycles. The molecule has 25 heavy (non-hydrogen) atoms. The summed E-state index contributed by atoms with van der Waals surface area (Å²) in [6.07, 6.45) is 0.545. The summed E-state index contributed by atoms with van der Waals surface area (Å²) in [5.74, 6) is 0.724. The van der Waals surface area contributed by atoms with Crippen molar-refractivity contribution in [3.63, 3.8) is 0 Å². The maximum atomic E-state index is 11.6. The largest absolute Gasteiger partial charge is 0.444 e. The minimum atomic E-state index is -0.481. The molecule has 0 aromatic carbocycles.